The van der Waals surface area contributed by atoms with Crippen LogP contribution in [0.15, 0.2) is 35.9 Å². The number of rotatable bonds is 10. The molecular weight excluding hydrogens is 350 g/mol. The van der Waals surface area contributed by atoms with Crippen molar-refractivity contribution >= 4 is 0 Å². The lowest BCUT2D eigenvalue weighted by molar-refractivity contribution is 0.185. The summed E-state index contributed by atoms with van der Waals surface area (Å²) < 4.78 is 0. The fraction of sp³-hybridized carbons (Fsp3) is 0.679. The Balaban J connectivity index is 1.33. The number of unbranched alkanes of at least 4 members (excludes halogenated alkanes) is 4. The van der Waals surface area contributed by atoms with Crippen LogP contribution in [0.5, 0.6) is 0 Å². The van der Waals surface area contributed by atoms with Crippen LogP contribution in [0, 0.1) is 29.1 Å². The molecule has 1 nitrogen and oxygen atoms in total. The molecule has 1 atom stereocenters. The van der Waals surface area contributed by atoms with Gasteiger partial charge in [0, 0.05) is 0 Å². The third-order valence-corrected chi connectivity index (χ3v) is 7.64. The van der Waals surface area contributed by atoms with Gasteiger partial charge in [-0.3, -0.25) is 0 Å². The number of benzene rings is 1. The van der Waals surface area contributed by atoms with Crippen molar-refractivity contribution in [3.8, 4) is 6.07 Å². The van der Waals surface area contributed by atoms with Crippen LogP contribution in [0.25, 0.3) is 0 Å². The lowest BCUT2D eigenvalue weighted by atomic mass is 9.70. The van der Waals surface area contributed by atoms with Gasteiger partial charge in [-0.15, -0.1) is 0 Å². The molecule has 0 aromatic heterocycles. The molecule has 1 aromatic carbocycles. The summed E-state index contributed by atoms with van der Waals surface area (Å²) >= 11 is 0. The van der Waals surface area contributed by atoms with Crippen LogP contribution >= 0.6 is 0 Å². The van der Waals surface area contributed by atoms with Gasteiger partial charge in [-0.2, -0.15) is 5.26 Å². The van der Waals surface area contributed by atoms with Crippen LogP contribution in [0.4, 0.5) is 0 Å². The van der Waals surface area contributed by atoms with E-state index in [0.717, 1.165) is 29.7 Å². The van der Waals surface area contributed by atoms with E-state index in [4.69, 9.17) is 5.26 Å². The van der Waals surface area contributed by atoms with Crippen molar-refractivity contribution in [1.82, 2.24) is 0 Å². The Labute approximate surface area is 179 Å². The molecule has 0 N–H and O–H groups in total. The fourth-order valence-electron chi connectivity index (χ4n) is 5.60. The maximum atomic E-state index is 8.92. The van der Waals surface area contributed by atoms with E-state index < -0.39 is 0 Å². The molecule has 2 aliphatic rings. The summed E-state index contributed by atoms with van der Waals surface area (Å²) in [6.07, 6.45) is 23.7. The summed E-state index contributed by atoms with van der Waals surface area (Å²) in [4.78, 5) is 0. The minimum atomic E-state index is 0.764. The molecule has 1 unspecified atom stereocenters. The smallest absolute Gasteiger partial charge is 0.0991 e. The highest BCUT2D eigenvalue weighted by atomic mass is 14.3. The quantitative estimate of drug-likeness (QED) is 0.290. The van der Waals surface area contributed by atoms with Gasteiger partial charge in [0.25, 0.3) is 0 Å². The van der Waals surface area contributed by atoms with E-state index in [1.54, 1.807) is 5.57 Å². The molecule has 1 saturated carbocycles. The number of allylic oxidation sites excluding steroid dienone is 2. The highest BCUT2D eigenvalue weighted by Crippen LogP contribution is 2.41. The van der Waals surface area contributed by atoms with Crippen molar-refractivity contribution < 1.29 is 0 Å². The molecule has 3 rings (SSSR count). The second kappa shape index (κ2) is 12.2. The first-order chi connectivity index (χ1) is 14.3. The van der Waals surface area contributed by atoms with E-state index in [1.807, 2.05) is 12.1 Å². The number of aryl methyl sites for hydroxylation is 1. The van der Waals surface area contributed by atoms with Crippen molar-refractivity contribution in [3.63, 3.8) is 0 Å². The SMILES string of the molecule is CCCCCCCC1CCC(C2CC=C(CCc3ccc(C#N)cc3)CC2)CC1. The van der Waals surface area contributed by atoms with Gasteiger partial charge in [-0.1, -0.05) is 82.1 Å². The van der Waals surface area contributed by atoms with Gasteiger partial charge in [0.1, 0.15) is 0 Å². The second-order valence-electron chi connectivity index (χ2n) is 9.69. The monoisotopic (exact) mass is 391 g/mol. The lowest BCUT2D eigenvalue weighted by Crippen LogP contribution is -2.23. The molecule has 0 heterocycles. The molecular formula is C28H41N. The van der Waals surface area contributed by atoms with Crippen LogP contribution in [-0.4, -0.2) is 0 Å². The Morgan fingerprint density at radius 2 is 1.62 bits per heavy atom. The van der Waals surface area contributed by atoms with Gasteiger partial charge in [0.15, 0.2) is 0 Å². The first-order valence-electron chi connectivity index (χ1n) is 12.5. The first kappa shape index (κ1) is 22.1. The van der Waals surface area contributed by atoms with E-state index in [1.165, 1.54) is 95.5 Å². The third kappa shape index (κ3) is 7.33. The van der Waals surface area contributed by atoms with Crippen molar-refractivity contribution in [1.29, 1.82) is 5.26 Å². The van der Waals surface area contributed by atoms with Gasteiger partial charge in [-0.05, 0) is 80.4 Å². The molecule has 158 valence electrons. The summed E-state index contributed by atoms with van der Waals surface area (Å²) in [5, 5.41) is 8.92. The van der Waals surface area contributed by atoms with Crippen LogP contribution < -0.4 is 0 Å². The fourth-order valence-corrected chi connectivity index (χ4v) is 5.60. The predicted molar refractivity (Wildman–Crippen MR) is 124 cm³/mol. The number of nitrogens with zero attached hydrogens (tertiary/aromatic N) is 1. The van der Waals surface area contributed by atoms with E-state index in [0.29, 0.717) is 0 Å². The van der Waals surface area contributed by atoms with Crippen LogP contribution in [0.1, 0.15) is 108 Å². The summed E-state index contributed by atoms with van der Waals surface area (Å²) in [6, 6.07) is 10.3. The standard InChI is InChI=1S/C28H41N/c1-2-3-4-5-6-7-23-14-18-27(19-15-23)28-20-16-25(17-21-28)9-8-24-10-12-26(22-29)13-11-24/h10-13,16,23,27-28H,2-9,14-15,17-21H2,1H3. The maximum Gasteiger partial charge on any atom is 0.0991 e. The van der Waals surface area contributed by atoms with Crippen LogP contribution in [0.3, 0.4) is 0 Å². The van der Waals surface area contributed by atoms with E-state index in [2.05, 4.69) is 31.2 Å². The highest BCUT2D eigenvalue weighted by Gasteiger charge is 2.28. The van der Waals surface area contributed by atoms with Gasteiger partial charge in [-0.25, -0.2) is 0 Å². The molecule has 1 fully saturated rings. The molecule has 1 aromatic rings. The molecule has 0 amide bonds. The summed E-state index contributed by atoms with van der Waals surface area (Å²) in [6.45, 7) is 2.31. The Morgan fingerprint density at radius 3 is 2.28 bits per heavy atom. The van der Waals surface area contributed by atoms with Crippen LogP contribution in [0.2, 0.25) is 0 Å². The van der Waals surface area contributed by atoms with Crippen molar-refractivity contribution in [2.75, 3.05) is 0 Å². The van der Waals surface area contributed by atoms with Gasteiger partial charge < -0.3 is 0 Å². The van der Waals surface area contributed by atoms with Crippen molar-refractivity contribution in [3.05, 3.63) is 47.0 Å². The van der Waals surface area contributed by atoms with E-state index in [9.17, 15) is 0 Å². The molecule has 0 saturated heterocycles. The minimum absolute atomic E-state index is 0.764. The minimum Gasteiger partial charge on any atom is -0.192 e. The average molecular weight is 392 g/mol. The largest absolute Gasteiger partial charge is 0.192 e. The average Bonchev–Trinajstić information content (AvgIpc) is 2.79. The normalized spacial score (nSPS) is 24.7. The summed E-state index contributed by atoms with van der Waals surface area (Å²) in [7, 11) is 0. The summed E-state index contributed by atoms with van der Waals surface area (Å²) in [5.41, 5.74) is 3.80. The number of hydrogen-bond acceptors (Lipinski definition) is 1. The predicted octanol–water partition coefficient (Wildman–Crippen LogP) is 8.38. The zero-order chi connectivity index (χ0) is 20.3. The molecule has 0 spiro atoms. The van der Waals surface area contributed by atoms with Gasteiger partial charge >= 0.3 is 0 Å². The zero-order valence-electron chi connectivity index (χ0n) is 18.7. The molecule has 0 radical (unpaired) electrons. The first-order valence-corrected chi connectivity index (χ1v) is 12.5. The van der Waals surface area contributed by atoms with Gasteiger partial charge in [0.05, 0.1) is 11.6 Å². The van der Waals surface area contributed by atoms with E-state index >= 15 is 0 Å². The maximum absolute atomic E-state index is 8.92. The Kier molecular flexibility index (Phi) is 9.33. The molecule has 2 aliphatic carbocycles. The molecule has 29 heavy (non-hydrogen) atoms. The summed E-state index contributed by atoms with van der Waals surface area (Å²) in [5.74, 6) is 3.00. The second-order valence-corrected chi connectivity index (χ2v) is 9.69. The molecule has 0 aliphatic heterocycles. The topological polar surface area (TPSA) is 23.8 Å². The Morgan fingerprint density at radius 1 is 0.862 bits per heavy atom. The van der Waals surface area contributed by atoms with Gasteiger partial charge in [0.2, 0.25) is 0 Å². The lowest BCUT2D eigenvalue weighted by Gasteiger charge is -2.35. The molecule has 0 bridgehead atoms. The Hall–Kier alpha value is -1.55. The highest BCUT2D eigenvalue weighted by molar-refractivity contribution is 5.32. The zero-order valence-corrected chi connectivity index (χ0v) is 18.7. The number of nitriles is 1. The van der Waals surface area contributed by atoms with Crippen LogP contribution in [-0.2, 0) is 6.42 Å². The Bertz CT molecular complexity index is 655. The van der Waals surface area contributed by atoms with Crippen molar-refractivity contribution in [2.45, 2.75) is 103 Å². The van der Waals surface area contributed by atoms with Crippen molar-refractivity contribution in [2.24, 2.45) is 17.8 Å². The third-order valence-electron chi connectivity index (χ3n) is 7.64. The molecule has 1 heteroatoms. The number of hydrogen-bond donors (Lipinski definition) is 0. The van der Waals surface area contributed by atoms with E-state index in [-0.39, 0.29) is 0 Å².